The van der Waals surface area contributed by atoms with Crippen molar-refractivity contribution in [2.24, 2.45) is 0 Å². The molecule has 1 aromatic carbocycles. The lowest BCUT2D eigenvalue weighted by Gasteiger charge is -2.10. The molecule has 1 atom stereocenters. The van der Waals surface area contributed by atoms with Crippen molar-refractivity contribution in [3.8, 4) is 0 Å². The van der Waals surface area contributed by atoms with E-state index in [1.807, 2.05) is 35.9 Å². The summed E-state index contributed by atoms with van der Waals surface area (Å²) in [6.07, 6.45) is 2.33. The number of nitrogens with zero attached hydrogens (tertiary/aromatic N) is 2. The highest BCUT2D eigenvalue weighted by Gasteiger charge is 2.19. The molecule has 5 nitrogen and oxygen atoms in total. The number of hydrogen-bond donors (Lipinski definition) is 2. The van der Waals surface area contributed by atoms with E-state index in [0.29, 0.717) is 12.6 Å². The van der Waals surface area contributed by atoms with Crippen LogP contribution in [0.25, 0.3) is 10.2 Å². The molecule has 2 N–H and O–H groups in total. The quantitative estimate of drug-likeness (QED) is 0.741. The molecule has 0 bridgehead atoms. The maximum atomic E-state index is 12.5. The molecule has 1 saturated heterocycles. The van der Waals surface area contributed by atoms with Crippen LogP contribution in [0.1, 0.15) is 33.8 Å². The van der Waals surface area contributed by atoms with Gasteiger partial charge in [-0.15, -0.1) is 11.3 Å². The SMILES string of the molecule is Cc1nn(Cc2ccccc2)c2sc(C(=O)NCC3CCCN3)cc12. The maximum Gasteiger partial charge on any atom is 0.261 e. The number of aryl methyl sites for hydroxylation is 1. The first-order chi connectivity index (χ1) is 12.2. The van der Waals surface area contributed by atoms with Gasteiger partial charge in [0.05, 0.1) is 17.1 Å². The second-order valence-corrected chi connectivity index (χ2v) is 7.59. The Bertz CT molecular complexity index is 878. The summed E-state index contributed by atoms with van der Waals surface area (Å²) in [7, 11) is 0. The monoisotopic (exact) mass is 354 g/mol. The van der Waals surface area contributed by atoms with E-state index in [0.717, 1.165) is 40.3 Å². The van der Waals surface area contributed by atoms with E-state index < -0.39 is 0 Å². The van der Waals surface area contributed by atoms with Gasteiger partial charge in [0.2, 0.25) is 0 Å². The Morgan fingerprint density at radius 1 is 1.40 bits per heavy atom. The zero-order valence-corrected chi connectivity index (χ0v) is 15.1. The number of hydrogen-bond acceptors (Lipinski definition) is 4. The Hall–Kier alpha value is -2.18. The number of fused-ring (bicyclic) bond motifs is 1. The third-order valence-corrected chi connectivity index (χ3v) is 5.82. The topological polar surface area (TPSA) is 59.0 Å². The van der Waals surface area contributed by atoms with Crippen LogP contribution in [0.4, 0.5) is 0 Å². The van der Waals surface area contributed by atoms with E-state index in [2.05, 4.69) is 27.9 Å². The summed E-state index contributed by atoms with van der Waals surface area (Å²) in [4.78, 5) is 14.3. The van der Waals surface area contributed by atoms with E-state index >= 15 is 0 Å². The normalized spacial score (nSPS) is 17.2. The van der Waals surface area contributed by atoms with Crippen LogP contribution >= 0.6 is 11.3 Å². The van der Waals surface area contributed by atoms with Gasteiger partial charge in [0.15, 0.2) is 0 Å². The van der Waals surface area contributed by atoms with Crippen LogP contribution in [0, 0.1) is 6.92 Å². The fourth-order valence-electron chi connectivity index (χ4n) is 3.32. The molecule has 0 saturated carbocycles. The number of carbonyl (C=O) groups is 1. The van der Waals surface area contributed by atoms with Crippen LogP contribution in [0.3, 0.4) is 0 Å². The predicted octanol–water partition coefficient (Wildman–Crippen LogP) is 2.94. The van der Waals surface area contributed by atoms with Crippen LogP contribution in [-0.2, 0) is 6.54 Å². The maximum absolute atomic E-state index is 12.5. The molecule has 1 fully saturated rings. The zero-order chi connectivity index (χ0) is 17.2. The molecule has 3 aromatic rings. The highest BCUT2D eigenvalue weighted by Crippen LogP contribution is 2.28. The Morgan fingerprint density at radius 2 is 2.24 bits per heavy atom. The minimum absolute atomic E-state index is 0.0144. The van der Waals surface area contributed by atoms with Crippen LogP contribution in [-0.4, -0.2) is 34.8 Å². The van der Waals surface area contributed by atoms with E-state index in [1.165, 1.54) is 23.3 Å². The van der Waals surface area contributed by atoms with Gasteiger partial charge in [-0.1, -0.05) is 30.3 Å². The van der Waals surface area contributed by atoms with Crippen molar-refractivity contribution in [3.05, 3.63) is 52.5 Å². The summed E-state index contributed by atoms with van der Waals surface area (Å²) in [5.41, 5.74) is 2.18. The molecule has 1 aliphatic rings. The van der Waals surface area contributed by atoms with Crippen LogP contribution in [0.2, 0.25) is 0 Å². The fraction of sp³-hybridized carbons (Fsp3) is 0.368. The van der Waals surface area contributed by atoms with Crippen LogP contribution in [0.5, 0.6) is 0 Å². The summed E-state index contributed by atoms with van der Waals surface area (Å²) in [5, 5.41) is 12.2. The Balaban J connectivity index is 1.53. The van der Waals surface area contributed by atoms with Crippen molar-refractivity contribution in [1.82, 2.24) is 20.4 Å². The summed E-state index contributed by atoms with van der Waals surface area (Å²) in [6.45, 7) is 4.47. The highest BCUT2D eigenvalue weighted by molar-refractivity contribution is 7.20. The molecule has 0 aliphatic carbocycles. The molecular weight excluding hydrogens is 332 g/mol. The molecule has 6 heteroatoms. The van der Waals surface area contributed by atoms with Crippen molar-refractivity contribution in [2.75, 3.05) is 13.1 Å². The number of nitrogens with one attached hydrogen (secondary N) is 2. The molecule has 25 heavy (non-hydrogen) atoms. The molecule has 4 rings (SSSR count). The average Bonchev–Trinajstić information content (AvgIpc) is 3.34. The van der Waals surface area contributed by atoms with Crippen molar-refractivity contribution in [2.45, 2.75) is 32.4 Å². The Morgan fingerprint density at radius 3 is 3.00 bits per heavy atom. The lowest BCUT2D eigenvalue weighted by molar-refractivity contribution is 0.0954. The third-order valence-electron chi connectivity index (χ3n) is 4.68. The molecule has 0 spiro atoms. The van der Waals surface area contributed by atoms with Gasteiger partial charge < -0.3 is 10.6 Å². The second-order valence-electron chi connectivity index (χ2n) is 6.56. The van der Waals surface area contributed by atoms with Crippen molar-refractivity contribution in [1.29, 1.82) is 0 Å². The van der Waals surface area contributed by atoms with Gasteiger partial charge in [-0.05, 0) is 37.9 Å². The molecular formula is C19H22N4OS. The van der Waals surface area contributed by atoms with E-state index in [9.17, 15) is 4.79 Å². The van der Waals surface area contributed by atoms with Gasteiger partial charge in [-0.3, -0.25) is 9.48 Å². The van der Waals surface area contributed by atoms with Gasteiger partial charge in [0.25, 0.3) is 5.91 Å². The molecule has 1 aliphatic heterocycles. The molecule has 130 valence electrons. The molecule has 0 radical (unpaired) electrons. The Labute approximate surface area is 151 Å². The third kappa shape index (κ3) is 3.45. The summed E-state index contributed by atoms with van der Waals surface area (Å²) in [5.74, 6) is 0.0144. The second kappa shape index (κ2) is 6.98. The van der Waals surface area contributed by atoms with Crippen molar-refractivity contribution in [3.63, 3.8) is 0 Å². The minimum Gasteiger partial charge on any atom is -0.350 e. The van der Waals surface area contributed by atoms with Gasteiger partial charge >= 0.3 is 0 Å². The number of rotatable bonds is 5. The number of carbonyl (C=O) groups excluding carboxylic acids is 1. The minimum atomic E-state index is 0.0144. The fourth-order valence-corrected chi connectivity index (χ4v) is 4.40. The lowest BCUT2D eigenvalue weighted by Crippen LogP contribution is -2.36. The van der Waals surface area contributed by atoms with E-state index in [4.69, 9.17) is 0 Å². The van der Waals surface area contributed by atoms with Gasteiger partial charge in [0.1, 0.15) is 4.83 Å². The molecule has 1 unspecified atom stereocenters. The lowest BCUT2D eigenvalue weighted by atomic mass is 10.2. The first kappa shape index (κ1) is 16.3. The number of thiophene rings is 1. The van der Waals surface area contributed by atoms with Crippen molar-refractivity contribution >= 4 is 27.5 Å². The van der Waals surface area contributed by atoms with Gasteiger partial charge in [0, 0.05) is 18.0 Å². The first-order valence-corrected chi connectivity index (χ1v) is 9.55. The predicted molar refractivity (Wildman–Crippen MR) is 101 cm³/mol. The standard InChI is InChI=1S/C19H22N4OS/c1-13-16-10-17(18(24)21-11-15-8-5-9-20-15)25-19(16)23(22-13)12-14-6-3-2-4-7-14/h2-4,6-7,10,15,20H,5,8-9,11-12H2,1H3,(H,21,24). The van der Waals surface area contributed by atoms with Gasteiger partial charge in [-0.2, -0.15) is 5.10 Å². The van der Waals surface area contributed by atoms with Crippen LogP contribution in [0.15, 0.2) is 36.4 Å². The zero-order valence-electron chi connectivity index (χ0n) is 14.3. The number of aromatic nitrogens is 2. The largest absolute Gasteiger partial charge is 0.350 e. The van der Waals surface area contributed by atoms with Crippen molar-refractivity contribution < 1.29 is 4.79 Å². The average molecular weight is 354 g/mol. The Kier molecular flexibility index (Phi) is 4.55. The van der Waals surface area contributed by atoms with Gasteiger partial charge in [-0.25, -0.2) is 0 Å². The summed E-state index contributed by atoms with van der Waals surface area (Å²) < 4.78 is 2.00. The highest BCUT2D eigenvalue weighted by atomic mass is 32.1. The number of amides is 1. The van der Waals surface area contributed by atoms with E-state index in [1.54, 1.807) is 0 Å². The molecule has 1 amide bonds. The molecule has 3 heterocycles. The smallest absolute Gasteiger partial charge is 0.261 e. The first-order valence-electron chi connectivity index (χ1n) is 8.73. The molecule has 2 aromatic heterocycles. The number of benzene rings is 1. The summed E-state index contributed by atoms with van der Waals surface area (Å²) >= 11 is 1.52. The van der Waals surface area contributed by atoms with E-state index in [-0.39, 0.29) is 5.91 Å². The van der Waals surface area contributed by atoms with Crippen LogP contribution < -0.4 is 10.6 Å². The summed E-state index contributed by atoms with van der Waals surface area (Å²) in [6, 6.07) is 12.7.